The van der Waals surface area contributed by atoms with Crippen molar-refractivity contribution in [3.8, 4) is 0 Å². The summed E-state index contributed by atoms with van der Waals surface area (Å²) in [7, 11) is 0. The van der Waals surface area contributed by atoms with Gasteiger partial charge in [-0.1, -0.05) is 51.3 Å². The van der Waals surface area contributed by atoms with Gasteiger partial charge in [-0.15, -0.1) is 0 Å². The molecule has 0 bridgehead atoms. The van der Waals surface area contributed by atoms with Crippen LogP contribution in [0.4, 0.5) is 5.69 Å². The van der Waals surface area contributed by atoms with Gasteiger partial charge in [0, 0.05) is 38.9 Å². The van der Waals surface area contributed by atoms with E-state index in [0.29, 0.717) is 23.1 Å². The number of amides is 1. The van der Waals surface area contributed by atoms with Crippen molar-refractivity contribution >= 4 is 50.7 Å². The van der Waals surface area contributed by atoms with Crippen LogP contribution in [0.2, 0.25) is 10.0 Å². The third-order valence-electron chi connectivity index (χ3n) is 4.41. The number of piperidine rings is 1. The van der Waals surface area contributed by atoms with Crippen LogP contribution in [0, 0.1) is 5.92 Å². The van der Waals surface area contributed by atoms with Gasteiger partial charge in [-0.2, -0.15) is 0 Å². The Labute approximate surface area is 166 Å². The first-order chi connectivity index (χ1) is 12.0. The minimum atomic E-state index is -0.0333. The van der Waals surface area contributed by atoms with Crippen molar-refractivity contribution in [1.29, 1.82) is 0 Å². The molecule has 6 heteroatoms. The molecule has 2 aromatic rings. The maximum atomic E-state index is 12.6. The Morgan fingerprint density at radius 3 is 2.64 bits per heavy atom. The summed E-state index contributed by atoms with van der Waals surface area (Å²) in [5.41, 5.74) is 1.74. The van der Waals surface area contributed by atoms with E-state index in [4.69, 9.17) is 23.2 Å². The lowest BCUT2D eigenvalue weighted by molar-refractivity contribution is -0.121. The molecule has 1 amide bonds. The molecule has 1 heterocycles. The van der Waals surface area contributed by atoms with E-state index in [1.807, 2.05) is 42.5 Å². The van der Waals surface area contributed by atoms with Crippen LogP contribution in [0.5, 0.6) is 0 Å². The number of rotatable bonds is 4. The molecule has 1 N–H and O–H groups in total. The van der Waals surface area contributed by atoms with Crippen molar-refractivity contribution in [2.75, 3.05) is 18.4 Å². The van der Waals surface area contributed by atoms with Crippen molar-refractivity contribution in [1.82, 2.24) is 4.90 Å². The summed E-state index contributed by atoms with van der Waals surface area (Å²) in [6.07, 6.45) is 1.88. The van der Waals surface area contributed by atoms with Gasteiger partial charge in [-0.05, 0) is 49.7 Å². The standard InChI is InChI=1S/C19H19BrCl2N2O/c20-14-5-1-6-15(10-14)23-19(25)13-4-3-9-24(11-13)12-16-17(21)7-2-8-18(16)22/h1-2,5-8,10,13H,3-4,9,11-12H2,(H,23,25)/t13-/m0/s1. The highest BCUT2D eigenvalue weighted by Gasteiger charge is 2.26. The Hall–Kier alpha value is -1.07. The van der Waals surface area contributed by atoms with Crippen molar-refractivity contribution in [3.05, 3.63) is 62.5 Å². The largest absolute Gasteiger partial charge is 0.326 e. The fourth-order valence-corrected chi connectivity index (χ4v) is 4.05. The number of nitrogens with zero attached hydrogens (tertiary/aromatic N) is 1. The van der Waals surface area contributed by atoms with Gasteiger partial charge in [0.25, 0.3) is 0 Å². The number of nitrogens with one attached hydrogen (secondary N) is 1. The molecule has 0 spiro atoms. The molecule has 25 heavy (non-hydrogen) atoms. The van der Waals surface area contributed by atoms with E-state index in [9.17, 15) is 4.79 Å². The molecule has 0 aromatic heterocycles. The highest BCUT2D eigenvalue weighted by Crippen LogP contribution is 2.28. The fourth-order valence-electron chi connectivity index (χ4n) is 3.13. The lowest BCUT2D eigenvalue weighted by Gasteiger charge is -2.32. The van der Waals surface area contributed by atoms with Crippen LogP contribution in [0.3, 0.4) is 0 Å². The molecule has 0 saturated carbocycles. The van der Waals surface area contributed by atoms with E-state index in [1.54, 1.807) is 0 Å². The number of hydrogen-bond acceptors (Lipinski definition) is 2. The lowest BCUT2D eigenvalue weighted by Crippen LogP contribution is -2.40. The lowest BCUT2D eigenvalue weighted by atomic mass is 9.96. The zero-order valence-corrected chi connectivity index (χ0v) is 16.7. The van der Waals surface area contributed by atoms with Gasteiger partial charge in [0.15, 0.2) is 0 Å². The molecule has 3 rings (SSSR count). The molecule has 1 saturated heterocycles. The van der Waals surface area contributed by atoms with Crippen LogP contribution in [0.1, 0.15) is 18.4 Å². The van der Waals surface area contributed by atoms with Gasteiger partial charge in [0.1, 0.15) is 0 Å². The molecular formula is C19H19BrCl2N2O. The number of benzene rings is 2. The Bertz CT molecular complexity index is 749. The highest BCUT2D eigenvalue weighted by molar-refractivity contribution is 9.10. The first-order valence-electron chi connectivity index (χ1n) is 8.24. The predicted octanol–water partition coefficient (Wildman–Crippen LogP) is 5.61. The average molecular weight is 442 g/mol. The third kappa shape index (κ3) is 4.98. The minimum Gasteiger partial charge on any atom is -0.326 e. The monoisotopic (exact) mass is 440 g/mol. The SMILES string of the molecule is O=C(Nc1cccc(Br)c1)[C@H]1CCCN(Cc2c(Cl)cccc2Cl)C1. The summed E-state index contributed by atoms with van der Waals surface area (Å²) >= 11 is 16.0. The summed E-state index contributed by atoms with van der Waals surface area (Å²) in [4.78, 5) is 14.9. The van der Waals surface area contributed by atoms with E-state index in [0.717, 1.165) is 35.1 Å². The number of likely N-dealkylation sites (tertiary alicyclic amines) is 1. The van der Waals surface area contributed by atoms with Crippen LogP contribution in [0.25, 0.3) is 0 Å². The first-order valence-corrected chi connectivity index (χ1v) is 9.79. The molecule has 2 aromatic carbocycles. The quantitative estimate of drug-likeness (QED) is 0.668. The van der Waals surface area contributed by atoms with Crippen molar-refractivity contribution < 1.29 is 4.79 Å². The number of carbonyl (C=O) groups excluding carboxylic acids is 1. The van der Waals surface area contributed by atoms with Gasteiger partial charge in [-0.25, -0.2) is 0 Å². The van der Waals surface area contributed by atoms with Crippen LogP contribution < -0.4 is 5.32 Å². The van der Waals surface area contributed by atoms with Gasteiger partial charge in [0.05, 0.1) is 5.92 Å². The zero-order valence-electron chi connectivity index (χ0n) is 13.6. The third-order valence-corrected chi connectivity index (χ3v) is 5.61. The van der Waals surface area contributed by atoms with Crippen molar-refractivity contribution in [2.24, 2.45) is 5.92 Å². The number of carbonyl (C=O) groups is 1. The summed E-state index contributed by atoms with van der Waals surface area (Å²) in [5, 5.41) is 4.36. The average Bonchev–Trinajstić information content (AvgIpc) is 2.58. The topological polar surface area (TPSA) is 32.3 Å². The molecule has 1 aliphatic rings. The molecule has 0 aliphatic carbocycles. The molecule has 1 atom stereocenters. The fraction of sp³-hybridized carbons (Fsp3) is 0.316. The molecule has 0 radical (unpaired) electrons. The highest BCUT2D eigenvalue weighted by atomic mass is 79.9. The first kappa shape index (κ1) is 18.7. The van der Waals surface area contributed by atoms with Gasteiger partial charge in [-0.3, -0.25) is 9.69 Å². The van der Waals surface area contributed by atoms with E-state index >= 15 is 0 Å². The van der Waals surface area contributed by atoms with E-state index in [-0.39, 0.29) is 11.8 Å². The second kappa shape index (κ2) is 8.54. The summed E-state index contributed by atoms with van der Waals surface area (Å²) in [5.74, 6) is 0.0297. The maximum absolute atomic E-state index is 12.6. The number of hydrogen-bond donors (Lipinski definition) is 1. The molecule has 132 valence electrons. The summed E-state index contributed by atoms with van der Waals surface area (Å²) < 4.78 is 0.948. The van der Waals surface area contributed by atoms with Gasteiger partial charge < -0.3 is 5.32 Å². The number of halogens is 3. The molecule has 3 nitrogen and oxygen atoms in total. The van der Waals surface area contributed by atoms with E-state index in [1.165, 1.54) is 0 Å². The molecule has 0 unspecified atom stereocenters. The second-order valence-corrected chi connectivity index (χ2v) is 8.00. The molecular weight excluding hydrogens is 423 g/mol. The van der Waals surface area contributed by atoms with Crippen LogP contribution >= 0.6 is 39.1 Å². The Kier molecular flexibility index (Phi) is 6.39. The van der Waals surface area contributed by atoms with Crippen LogP contribution in [-0.2, 0) is 11.3 Å². The summed E-state index contributed by atoms with van der Waals surface area (Å²) in [6, 6.07) is 13.2. The normalized spacial score (nSPS) is 18.1. The zero-order chi connectivity index (χ0) is 17.8. The van der Waals surface area contributed by atoms with E-state index in [2.05, 4.69) is 26.1 Å². The number of anilines is 1. The minimum absolute atomic E-state index is 0.0333. The maximum Gasteiger partial charge on any atom is 0.228 e. The summed E-state index contributed by atoms with van der Waals surface area (Å²) in [6.45, 7) is 2.32. The Balaban J connectivity index is 1.63. The van der Waals surface area contributed by atoms with Crippen molar-refractivity contribution in [2.45, 2.75) is 19.4 Å². The van der Waals surface area contributed by atoms with E-state index < -0.39 is 0 Å². The van der Waals surface area contributed by atoms with Crippen LogP contribution in [-0.4, -0.2) is 23.9 Å². The second-order valence-electron chi connectivity index (χ2n) is 6.27. The van der Waals surface area contributed by atoms with Crippen LogP contribution in [0.15, 0.2) is 46.9 Å². The molecule has 1 aliphatic heterocycles. The Morgan fingerprint density at radius 1 is 1.20 bits per heavy atom. The van der Waals surface area contributed by atoms with Gasteiger partial charge >= 0.3 is 0 Å². The smallest absolute Gasteiger partial charge is 0.228 e. The predicted molar refractivity (Wildman–Crippen MR) is 107 cm³/mol. The van der Waals surface area contributed by atoms with Crippen molar-refractivity contribution in [3.63, 3.8) is 0 Å². The Morgan fingerprint density at radius 2 is 1.92 bits per heavy atom. The molecule has 1 fully saturated rings. The van der Waals surface area contributed by atoms with Gasteiger partial charge in [0.2, 0.25) is 5.91 Å².